The lowest BCUT2D eigenvalue weighted by Crippen LogP contribution is -2.44. The van der Waals surface area contributed by atoms with Crippen LogP contribution in [0.1, 0.15) is 35.3 Å². The lowest BCUT2D eigenvalue weighted by atomic mass is 9.90. The van der Waals surface area contributed by atoms with E-state index in [1.807, 2.05) is 6.92 Å². The number of sulfonamides is 1. The van der Waals surface area contributed by atoms with Crippen LogP contribution in [-0.2, 0) is 10.0 Å². The third-order valence-corrected chi connectivity index (χ3v) is 7.72. The molecule has 1 N–H and O–H groups in total. The normalized spacial score (nSPS) is 18.0. The number of amides is 1. The zero-order chi connectivity index (χ0) is 24.6. The highest BCUT2D eigenvalue weighted by Crippen LogP contribution is 2.40. The van der Waals surface area contributed by atoms with Crippen molar-refractivity contribution < 1.29 is 22.0 Å². The lowest BCUT2D eigenvalue weighted by Gasteiger charge is -2.40. The number of halogens is 2. The van der Waals surface area contributed by atoms with E-state index in [0.29, 0.717) is 23.4 Å². The summed E-state index contributed by atoms with van der Waals surface area (Å²) in [6.07, 6.45) is 0.468. The third kappa shape index (κ3) is 4.53. The zero-order valence-corrected chi connectivity index (χ0v) is 19.8. The Hall–Kier alpha value is -3.30. The van der Waals surface area contributed by atoms with Crippen LogP contribution in [0.2, 0.25) is 0 Å². The molecule has 178 valence electrons. The molecular formula is C25H25F2N3O3S. The standard InChI is InChI=1S/C25H25F2N3O3S/c1-16-13-23(28-20-10-7-18(26)8-11-20)22-15-19(27)9-12-24(22)30(16)25(31)17-5-4-6-21(14-17)34(32,33)29(2)3/h4-12,14-16,23,28H,13H2,1-3H3. The van der Waals surface area contributed by atoms with E-state index in [9.17, 15) is 22.0 Å². The minimum atomic E-state index is -3.71. The van der Waals surface area contributed by atoms with Crippen molar-refractivity contribution in [3.63, 3.8) is 0 Å². The van der Waals surface area contributed by atoms with Gasteiger partial charge >= 0.3 is 0 Å². The van der Waals surface area contributed by atoms with Crippen LogP contribution in [0.15, 0.2) is 71.6 Å². The molecule has 0 saturated carbocycles. The molecular weight excluding hydrogens is 460 g/mol. The number of hydrogen-bond donors (Lipinski definition) is 1. The lowest BCUT2D eigenvalue weighted by molar-refractivity contribution is 0.0974. The van der Waals surface area contributed by atoms with Crippen LogP contribution < -0.4 is 10.2 Å². The number of nitrogens with zero attached hydrogens (tertiary/aromatic N) is 2. The molecule has 1 amide bonds. The summed E-state index contributed by atoms with van der Waals surface area (Å²) in [7, 11) is -0.861. The van der Waals surface area contributed by atoms with Gasteiger partial charge in [-0.25, -0.2) is 21.5 Å². The number of carbonyl (C=O) groups excluding carboxylic acids is 1. The molecule has 6 nitrogen and oxygen atoms in total. The number of rotatable bonds is 5. The second-order valence-corrected chi connectivity index (χ2v) is 10.6. The fraction of sp³-hybridized carbons (Fsp3) is 0.240. The molecule has 34 heavy (non-hydrogen) atoms. The van der Waals surface area contributed by atoms with E-state index in [1.165, 1.54) is 56.6 Å². The van der Waals surface area contributed by atoms with Crippen molar-refractivity contribution in [2.45, 2.75) is 30.3 Å². The van der Waals surface area contributed by atoms with Crippen LogP contribution in [0, 0.1) is 11.6 Å². The Labute approximate surface area is 197 Å². The Morgan fingerprint density at radius 1 is 1.00 bits per heavy atom. The van der Waals surface area contributed by atoms with Crippen LogP contribution in [0.4, 0.5) is 20.2 Å². The van der Waals surface area contributed by atoms with Crippen molar-refractivity contribution >= 4 is 27.3 Å². The first-order valence-electron chi connectivity index (χ1n) is 10.8. The molecule has 0 fully saturated rings. The monoisotopic (exact) mass is 485 g/mol. The number of anilines is 2. The molecule has 0 saturated heterocycles. The topological polar surface area (TPSA) is 69.7 Å². The van der Waals surface area contributed by atoms with Crippen molar-refractivity contribution in [2.75, 3.05) is 24.3 Å². The van der Waals surface area contributed by atoms with Gasteiger partial charge < -0.3 is 10.2 Å². The minimum Gasteiger partial charge on any atom is -0.378 e. The smallest absolute Gasteiger partial charge is 0.258 e. The Kier molecular flexibility index (Phi) is 6.42. The van der Waals surface area contributed by atoms with Gasteiger partial charge in [0, 0.05) is 42.6 Å². The number of fused-ring (bicyclic) bond motifs is 1. The number of benzene rings is 3. The molecule has 3 aromatic carbocycles. The highest BCUT2D eigenvalue weighted by Gasteiger charge is 2.35. The van der Waals surface area contributed by atoms with Gasteiger partial charge in [-0.1, -0.05) is 6.07 Å². The molecule has 0 radical (unpaired) electrons. The average molecular weight is 486 g/mol. The molecule has 3 aromatic rings. The van der Waals surface area contributed by atoms with E-state index in [-0.39, 0.29) is 34.3 Å². The van der Waals surface area contributed by atoms with E-state index in [4.69, 9.17) is 0 Å². The predicted octanol–water partition coefficient (Wildman–Crippen LogP) is 4.81. The summed E-state index contributed by atoms with van der Waals surface area (Å²) < 4.78 is 53.7. The number of nitrogens with one attached hydrogen (secondary N) is 1. The van der Waals surface area contributed by atoms with Crippen LogP contribution in [0.3, 0.4) is 0 Å². The fourth-order valence-corrected chi connectivity index (χ4v) is 5.12. The summed E-state index contributed by atoms with van der Waals surface area (Å²) in [5, 5.41) is 3.31. The van der Waals surface area contributed by atoms with Gasteiger partial charge in [-0.3, -0.25) is 4.79 Å². The van der Waals surface area contributed by atoms with Gasteiger partial charge in [-0.2, -0.15) is 0 Å². The first-order valence-corrected chi connectivity index (χ1v) is 12.2. The van der Waals surface area contributed by atoms with Crippen molar-refractivity contribution in [1.82, 2.24) is 4.31 Å². The first kappa shape index (κ1) is 23.8. The van der Waals surface area contributed by atoms with Crippen molar-refractivity contribution in [3.8, 4) is 0 Å². The highest BCUT2D eigenvalue weighted by molar-refractivity contribution is 7.89. The Morgan fingerprint density at radius 3 is 2.35 bits per heavy atom. The minimum absolute atomic E-state index is 0.0168. The molecule has 1 aliphatic rings. The average Bonchev–Trinajstić information content (AvgIpc) is 2.80. The summed E-state index contributed by atoms with van der Waals surface area (Å²) in [4.78, 5) is 15.2. The molecule has 9 heteroatoms. The Balaban J connectivity index is 1.71. The van der Waals surface area contributed by atoms with Crippen molar-refractivity contribution in [1.29, 1.82) is 0 Å². The molecule has 1 heterocycles. The summed E-state index contributed by atoms with van der Waals surface area (Å²) in [6, 6.07) is 15.4. The molecule has 4 rings (SSSR count). The van der Waals surface area contributed by atoms with Gasteiger partial charge in [0.05, 0.1) is 10.9 Å². The third-order valence-electron chi connectivity index (χ3n) is 5.91. The maximum absolute atomic E-state index is 14.2. The van der Waals surface area contributed by atoms with Gasteiger partial charge in [0.2, 0.25) is 10.0 Å². The van der Waals surface area contributed by atoms with Crippen LogP contribution in [-0.4, -0.2) is 38.8 Å². The number of carbonyl (C=O) groups is 1. The van der Waals surface area contributed by atoms with Crippen LogP contribution in [0.25, 0.3) is 0 Å². The summed E-state index contributed by atoms with van der Waals surface area (Å²) in [5.41, 5.74) is 2.02. The second-order valence-electron chi connectivity index (χ2n) is 8.48. The molecule has 2 unspecified atom stereocenters. The van der Waals surface area contributed by atoms with Gasteiger partial charge in [0.15, 0.2) is 0 Å². The van der Waals surface area contributed by atoms with Gasteiger partial charge in [0.25, 0.3) is 5.91 Å². The van der Waals surface area contributed by atoms with Gasteiger partial charge in [-0.05, 0) is 74.0 Å². The molecule has 0 aliphatic carbocycles. The van der Waals surface area contributed by atoms with E-state index in [1.54, 1.807) is 29.2 Å². The molecule has 1 aliphatic heterocycles. The van der Waals surface area contributed by atoms with E-state index in [2.05, 4.69) is 5.32 Å². The molecule has 2 atom stereocenters. The Bertz CT molecular complexity index is 1330. The summed E-state index contributed by atoms with van der Waals surface area (Å²) >= 11 is 0. The maximum Gasteiger partial charge on any atom is 0.258 e. The van der Waals surface area contributed by atoms with Crippen molar-refractivity contribution in [2.24, 2.45) is 0 Å². The van der Waals surface area contributed by atoms with E-state index >= 15 is 0 Å². The predicted molar refractivity (Wildman–Crippen MR) is 127 cm³/mol. The van der Waals surface area contributed by atoms with Crippen LogP contribution >= 0.6 is 0 Å². The summed E-state index contributed by atoms with van der Waals surface area (Å²) in [5.74, 6) is -1.17. The largest absolute Gasteiger partial charge is 0.378 e. The van der Waals surface area contributed by atoms with Gasteiger partial charge in [-0.15, -0.1) is 0 Å². The molecule has 0 bridgehead atoms. The first-order chi connectivity index (χ1) is 16.1. The molecule has 0 aromatic heterocycles. The summed E-state index contributed by atoms with van der Waals surface area (Å²) in [6.45, 7) is 1.88. The second kappa shape index (κ2) is 9.15. The molecule has 0 spiro atoms. The Morgan fingerprint density at radius 2 is 1.68 bits per heavy atom. The van der Waals surface area contributed by atoms with Crippen LogP contribution in [0.5, 0.6) is 0 Å². The highest BCUT2D eigenvalue weighted by atomic mass is 32.2. The van der Waals surface area contributed by atoms with Gasteiger partial charge in [0.1, 0.15) is 11.6 Å². The van der Waals surface area contributed by atoms with E-state index < -0.39 is 15.8 Å². The maximum atomic E-state index is 14.2. The number of hydrogen-bond acceptors (Lipinski definition) is 4. The van der Waals surface area contributed by atoms with Crippen molar-refractivity contribution in [3.05, 3.63) is 89.5 Å². The zero-order valence-electron chi connectivity index (χ0n) is 19.0. The quantitative estimate of drug-likeness (QED) is 0.563. The van der Waals surface area contributed by atoms with E-state index in [0.717, 1.165) is 4.31 Å². The fourth-order valence-electron chi connectivity index (χ4n) is 4.17. The SMILES string of the molecule is CC1CC(Nc2ccc(F)cc2)c2cc(F)ccc2N1C(=O)c1cccc(S(=O)(=O)N(C)C)c1.